The minimum Gasteiger partial charge on any atom is -0.481 e. The van der Waals surface area contributed by atoms with E-state index in [4.69, 9.17) is 9.97 Å². The third kappa shape index (κ3) is 7.21. The van der Waals surface area contributed by atoms with Gasteiger partial charge in [0, 0.05) is 52.1 Å². The van der Waals surface area contributed by atoms with Gasteiger partial charge in [0.25, 0.3) is 0 Å². The lowest BCUT2D eigenvalue weighted by molar-refractivity contribution is -0.139. The number of hydrogen-bond acceptors (Lipinski definition) is 7. The number of aliphatic carboxylic acids is 4. The van der Waals surface area contributed by atoms with Gasteiger partial charge in [0.1, 0.15) is 0 Å². The normalized spacial score (nSPS) is 13.7. The average molecular weight is 669 g/mol. The molecule has 2 aliphatic heterocycles. The summed E-state index contributed by atoms with van der Waals surface area (Å²) in [5.74, 6) is -4.30. The molecular formula is C36H36N4O9. The van der Waals surface area contributed by atoms with Crippen molar-refractivity contribution in [3.8, 4) is 0 Å². The summed E-state index contributed by atoms with van der Waals surface area (Å²) < 4.78 is 0. The third-order valence-corrected chi connectivity index (χ3v) is 8.90. The minimum absolute atomic E-state index is 0.150. The van der Waals surface area contributed by atoms with E-state index in [1.165, 1.54) is 6.08 Å². The summed E-state index contributed by atoms with van der Waals surface area (Å²) >= 11 is 0. The van der Waals surface area contributed by atoms with Gasteiger partial charge in [-0.2, -0.15) is 0 Å². The Balaban J connectivity index is 1.96. The number of aliphatic hydroxyl groups excluding tert-OH is 1. The second-order valence-corrected chi connectivity index (χ2v) is 12.1. The topological polar surface area (TPSA) is 227 Å². The lowest BCUT2D eigenvalue weighted by atomic mass is 9.98. The molecule has 3 aromatic rings. The van der Waals surface area contributed by atoms with Crippen LogP contribution in [-0.4, -0.2) is 69.3 Å². The highest BCUT2D eigenvalue weighted by Crippen LogP contribution is 2.38. The molecule has 0 fully saturated rings. The highest BCUT2D eigenvalue weighted by molar-refractivity contribution is 5.97. The largest absolute Gasteiger partial charge is 0.481 e. The van der Waals surface area contributed by atoms with E-state index in [9.17, 15) is 44.7 Å². The average Bonchev–Trinajstić information content (AvgIpc) is 3.67. The Kier molecular flexibility index (Phi) is 9.67. The quantitative estimate of drug-likeness (QED) is 0.115. The second kappa shape index (κ2) is 13.7. The van der Waals surface area contributed by atoms with Crippen LogP contribution in [0.2, 0.25) is 0 Å². The lowest BCUT2D eigenvalue weighted by Crippen LogP contribution is -2.06. The maximum absolute atomic E-state index is 11.6. The zero-order valence-electron chi connectivity index (χ0n) is 27.3. The molecule has 1 atom stereocenters. The first kappa shape index (κ1) is 34.5. The standard InChI is InChI=1S/C36H36N4O9/c1-16-21(6-9-33(44)45)28-14-29-22(7-10-34(46)47)17(2)24(38-29)12-27-20(5-8-32(42)43)18(3)25(39-27)13-30-36(31(41)15-35(48)49)19(4)26(40-30)11-23(16)37-28/h5,8,11-14,31,39-41H,6-7,9-10,15H2,1-4H3,(H,42,43)(H,44,45)(H,46,47)(H,48,49). The molecular weight excluding hydrogens is 632 g/mol. The van der Waals surface area contributed by atoms with Crippen molar-refractivity contribution < 1.29 is 44.7 Å². The number of hydrogen-bond donors (Lipinski definition) is 7. The monoisotopic (exact) mass is 668 g/mol. The summed E-state index contributed by atoms with van der Waals surface area (Å²) in [5, 5.41) is 49.0. The van der Waals surface area contributed by atoms with Gasteiger partial charge >= 0.3 is 23.9 Å². The molecule has 49 heavy (non-hydrogen) atoms. The molecule has 5 heterocycles. The number of aryl methyl sites for hydroxylation is 2. The molecule has 13 nitrogen and oxygen atoms in total. The highest BCUT2D eigenvalue weighted by atomic mass is 16.4. The van der Waals surface area contributed by atoms with E-state index in [0.717, 1.165) is 11.6 Å². The zero-order chi connectivity index (χ0) is 35.7. The van der Waals surface area contributed by atoms with Crippen LogP contribution in [0.25, 0.3) is 50.4 Å². The number of aliphatic hydroxyl groups is 1. The Morgan fingerprint density at radius 1 is 0.673 bits per heavy atom. The predicted molar refractivity (Wildman–Crippen MR) is 183 cm³/mol. The summed E-state index contributed by atoms with van der Waals surface area (Å²) in [7, 11) is 0. The van der Waals surface area contributed by atoms with Crippen molar-refractivity contribution in [1.82, 2.24) is 19.9 Å². The summed E-state index contributed by atoms with van der Waals surface area (Å²) in [4.78, 5) is 62.7. The number of nitrogens with zero attached hydrogens (tertiary/aromatic N) is 2. The zero-order valence-corrected chi connectivity index (χ0v) is 27.3. The van der Waals surface area contributed by atoms with E-state index in [2.05, 4.69) is 9.97 Å². The molecule has 1 unspecified atom stereocenters. The van der Waals surface area contributed by atoms with E-state index in [1.807, 2.05) is 13.8 Å². The fraction of sp³-hybridized carbons (Fsp3) is 0.278. The Labute approximate surface area is 280 Å². The summed E-state index contributed by atoms with van der Waals surface area (Å²) in [5.41, 5.74) is 9.01. The number of carbonyl (C=O) groups is 4. The van der Waals surface area contributed by atoms with Crippen LogP contribution in [0.4, 0.5) is 0 Å². The van der Waals surface area contributed by atoms with Crippen molar-refractivity contribution >= 4 is 74.3 Å². The van der Waals surface area contributed by atoms with Gasteiger partial charge < -0.3 is 35.5 Å². The fourth-order valence-electron chi connectivity index (χ4n) is 6.31. The maximum Gasteiger partial charge on any atom is 0.328 e. The summed E-state index contributed by atoms with van der Waals surface area (Å²) in [6, 6.07) is 6.96. The van der Waals surface area contributed by atoms with Crippen LogP contribution in [0.1, 0.15) is 97.1 Å². The molecule has 254 valence electrons. The molecule has 0 radical (unpaired) electrons. The minimum atomic E-state index is -1.36. The third-order valence-electron chi connectivity index (χ3n) is 8.90. The first-order valence-electron chi connectivity index (χ1n) is 15.5. The highest BCUT2D eigenvalue weighted by Gasteiger charge is 2.24. The number of nitrogens with one attached hydrogen (secondary N) is 2. The number of allylic oxidation sites excluding steroid dienone is 4. The fourth-order valence-corrected chi connectivity index (χ4v) is 6.31. The van der Waals surface area contributed by atoms with Gasteiger partial charge in [0.2, 0.25) is 0 Å². The maximum atomic E-state index is 11.6. The van der Waals surface area contributed by atoms with Crippen molar-refractivity contribution in [2.24, 2.45) is 0 Å². The van der Waals surface area contributed by atoms with E-state index in [-0.39, 0.29) is 25.7 Å². The molecule has 13 heteroatoms. The van der Waals surface area contributed by atoms with Gasteiger partial charge in [0.05, 0.1) is 35.3 Å². The molecule has 7 N–H and O–H groups in total. The van der Waals surface area contributed by atoms with E-state index in [1.54, 1.807) is 38.1 Å². The van der Waals surface area contributed by atoms with Gasteiger partial charge in [-0.25, -0.2) is 14.8 Å². The Hall–Kier alpha value is -5.82. The SMILES string of the molecule is CC1=C(CCC(=O)O)c2cc3nc(cc4[nH]c(cc5[nH]c(cc1n2)c(C)c5C(O)CC(=O)O)c(C)c4C=CC(=O)O)C(C)=C3CCC(=O)O. The van der Waals surface area contributed by atoms with Crippen molar-refractivity contribution in [2.75, 3.05) is 0 Å². The molecule has 3 aromatic heterocycles. The first-order valence-corrected chi connectivity index (χ1v) is 15.5. The first-order chi connectivity index (χ1) is 23.1. The smallest absolute Gasteiger partial charge is 0.328 e. The molecule has 8 bridgehead atoms. The Bertz CT molecular complexity index is 2180. The lowest BCUT2D eigenvalue weighted by Gasteiger charge is -2.08. The second-order valence-electron chi connectivity index (χ2n) is 12.1. The predicted octanol–water partition coefficient (Wildman–Crippen LogP) is 6.13. The van der Waals surface area contributed by atoms with E-state index < -0.39 is 36.4 Å². The molecule has 2 aliphatic rings. The molecule has 0 saturated heterocycles. The molecule has 0 amide bonds. The number of H-pyrrole nitrogens is 2. The Morgan fingerprint density at radius 2 is 1.18 bits per heavy atom. The van der Waals surface area contributed by atoms with Crippen molar-refractivity contribution in [3.63, 3.8) is 0 Å². The number of fused-ring (bicyclic) bond motifs is 8. The van der Waals surface area contributed by atoms with Gasteiger partial charge in [-0.1, -0.05) is 0 Å². The van der Waals surface area contributed by atoms with Crippen LogP contribution in [0.5, 0.6) is 0 Å². The molecule has 0 spiro atoms. The van der Waals surface area contributed by atoms with Crippen LogP contribution in [0, 0.1) is 13.8 Å². The van der Waals surface area contributed by atoms with E-state index in [0.29, 0.717) is 83.8 Å². The van der Waals surface area contributed by atoms with Gasteiger partial charge in [-0.3, -0.25) is 14.4 Å². The summed E-state index contributed by atoms with van der Waals surface area (Å²) in [6.45, 7) is 7.20. The molecule has 0 saturated carbocycles. The van der Waals surface area contributed by atoms with Crippen LogP contribution in [0.3, 0.4) is 0 Å². The number of carboxylic acid groups (broad SMARTS) is 4. The van der Waals surface area contributed by atoms with Crippen LogP contribution in [-0.2, 0) is 19.2 Å². The number of rotatable bonds is 11. The van der Waals surface area contributed by atoms with Crippen molar-refractivity contribution in [2.45, 2.75) is 65.9 Å². The van der Waals surface area contributed by atoms with Gasteiger partial charge in [-0.15, -0.1) is 0 Å². The van der Waals surface area contributed by atoms with E-state index >= 15 is 0 Å². The van der Waals surface area contributed by atoms with Crippen LogP contribution < -0.4 is 0 Å². The Morgan fingerprint density at radius 3 is 1.69 bits per heavy atom. The molecule has 0 aliphatic carbocycles. The summed E-state index contributed by atoms with van der Waals surface area (Å²) in [6.07, 6.45) is 0.599. The van der Waals surface area contributed by atoms with Gasteiger partial charge in [0.15, 0.2) is 0 Å². The van der Waals surface area contributed by atoms with Crippen molar-refractivity contribution in [3.05, 3.63) is 75.4 Å². The van der Waals surface area contributed by atoms with Crippen LogP contribution in [0.15, 0.2) is 30.3 Å². The number of carboxylic acids is 4. The van der Waals surface area contributed by atoms with Crippen LogP contribution >= 0.6 is 0 Å². The number of aromatic nitrogens is 4. The number of aromatic amines is 2. The van der Waals surface area contributed by atoms with Crippen molar-refractivity contribution in [1.29, 1.82) is 0 Å². The van der Waals surface area contributed by atoms with Gasteiger partial charge in [-0.05, 0) is 104 Å². The molecule has 5 rings (SSSR count). The molecule has 0 aromatic carbocycles.